The molecule has 0 aromatic heterocycles. The van der Waals surface area contributed by atoms with Crippen LogP contribution in [0.5, 0.6) is 0 Å². The Morgan fingerprint density at radius 3 is 2.00 bits per heavy atom. The fourth-order valence-electron chi connectivity index (χ4n) is 1.78. The van der Waals surface area contributed by atoms with Gasteiger partial charge in [0, 0.05) is 6.54 Å². The van der Waals surface area contributed by atoms with Gasteiger partial charge in [-0.15, -0.1) is 0 Å². The molecular weight excluding hydrogens is 160 g/mol. The Bertz CT molecular complexity index is 282. The van der Waals surface area contributed by atoms with Gasteiger partial charge in [0.05, 0.1) is 5.69 Å². The molecule has 0 heterocycles. The largest absolute Gasteiger partial charge is 0.311 e. The highest BCUT2D eigenvalue weighted by Gasteiger charge is 2.06. The number of rotatable bonds is 2. The lowest BCUT2D eigenvalue weighted by atomic mass is 10.0. The van der Waals surface area contributed by atoms with Gasteiger partial charge in [-0.05, 0) is 38.8 Å². The second-order valence-corrected chi connectivity index (χ2v) is 3.53. The molecule has 2 heteroatoms. The van der Waals surface area contributed by atoms with Crippen LogP contribution in [0.4, 0.5) is 5.69 Å². The second-order valence-electron chi connectivity index (χ2n) is 3.53. The number of benzene rings is 1. The molecule has 0 aliphatic heterocycles. The monoisotopic (exact) mass is 178 g/mol. The van der Waals surface area contributed by atoms with E-state index < -0.39 is 0 Å². The highest BCUT2D eigenvalue weighted by Crippen LogP contribution is 2.23. The summed E-state index contributed by atoms with van der Waals surface area (Å²) in [6.07, 6.45) is 0. The quantitative estimate of drug-likeness (QED) is 0.556. The zero-order valence-electron chi connectivity index (χ0n) is 8.89. The first-order valence-corrected chi connectivity index (χ1v) is 4.66. The SMILES string of the molecule is CCN(N)c1c(C)cc(C)cc1C. The van der Waals surface area contributed by atoms with Crippen molar-refractivity contribution in [3.8, 4) is 0 Å². The Labute approximate surface area is 80.3 Å². The van der Waals surface area contributed by atoms with Crippen LogP contribution in [-0.2, 0) is 0 Å². The first-order chi connectivity index (χ1) is 6.06. The molecule has 0 atom stereocenters. The van der Waals surface area contributed by atoms with Crippen molar-refractivity contribution >= 4 is 5.69 Å². The summed E-state index contributed by atoms with van der Waals surface area (Å²) in [6.45, 7) is 9.20. The van der Waals surface area contributed by atoms with Crippen molar-refractivity contribution < 1.29 is 0 Å². The Morgan fingerprint density at radius 1 is 1.15 bits per heavy atom. The van der Waals surface area contributed by atoms with Crippen LogP contribution in [0, 0.1) is 20.8 Å². The van der Waals surface area contributed by atoms with Crippen LogP contribution in [0.2, 0.25) is 0 Å². The van der Waals surface area contributed by atoms with E-state index in [2.05, 4.69) is 39.8 Å². The Balaban J connectivity index is 3.20. The topological polar surface area (TPSA) is 29.3 Å². The molecule has 0 aliphatic carbocycles. The van der Waals surface area contributed by atoms with Gasteiger partial charge in [0.1, 0.15) is 0 Å². The molecule has 1 rings (SSSR count). The third-order valence-electron chi connectivity index (χ3n) is 2.26. The average Bonchev–Trinajstić information content (AvgIpc) is 2.02. The van der Waals surface area contributed by atoms with Crippen LogP contribution in [-0.4, -0.2) is 6.54 Å². The van der Waals surface area contributed by atoms with Crippen molar-refractivity contribution in [3.05, 3.63) is 28.8 Å². The zero-order chi connectivity index (χ0) is 10.0. The summed E-state index contributed by atoms with van der Waals surface area (Å²) < 4.78 is 0. The molecule has 0 saturated heterocycles. The second kappa shape index (κ2) is 3.79. The van der Waals surface area contributed by atoms with Crippen LogP contribution in [0.25, 0.3) is 0 Å². The molecule has 1 aromatic rings. The summed E-state index contributed by atoms with van der Waals surface area (Å²) >= 11 is 0. The van der Waals surface area contributed by atoms with Crippen molar-refractivity contribution in [3.63, 3.8) is 0 Å². The molecule has 0 bridgehead atoms. The van der Waals surface area contributed by atoms with Crippen LogP contribution < -0.4 is 10.9 Å². The predicted octanol–water partition coefficient (Wildman–Crippen LogP) is 2.31. The number of anilines is 1. The Kier molecular flexibility index (Phi) is 2.94. The number of hydrogen-bond donors (Lipinski definition) is 1. The van der Waals surface area contributed by atoms with Crippen molar-refractivity contribution in [1.29, 1.82) is 0 Å². The first-order valence-electron chi connectivity index (χ1n) is 4.66. The molecule has 2 N–H and O–H groups in total. The summed E-state index contributed by atoms with van der Waals surface area (Å²) in [5.41, 5.74) is 4.96. The minimum absolute atomic E-state index is 0.838. The van der Waals surface area contributed by atoms with Gasteiger partial charge in [-0.3, -0.25) is 0 Å². The van der Waals surface area contributed by atoms with Crippen molar-refractivity contribution in [2.24, 2.45) is 5.84 Å². The minimum atomic E-state index is 0.838. The summed E-state index contributed by atoms with van der Waals surface area (Å²) in [5.74, 6) is 5.88. The molecule has 0 saturated carbocycles. The predicted molar refractivity (Wildman–Crippen MR) is 57.9 cm³/mol. The van der Waals surface area contributed by atoms with E-state index in [-0.39, 0.29) is 0 Å². The first kappa shape index (κ1) is 10.1. The summed E-state index contributed by atoms with van der Waals surface area (Å²) in [5, 5.41) is 1.80. The number of hydrazine groups is 1. The van der Waals surface area contributed by atoms with E-state index in [4.69, 9.17) is 5.84 Å². The van der Waals surface area contributed by atoms with Gasteiger partial charge in [-0.25, -0.2) is 5.84 Å². The lowest BCUT2D eigenvalue weighted by molar-refractivity contribution is 0.880. The van der Waals surface area contributed by atoms with Crippen molar-refractivity contribution in [1.82, 2.24) is 0 Å². The summed E-state index contributed by atoms with van der Waals surface area (Å²) in [7, 11) is 0. The lowest BCUT2D eigenvalue weighted by Gasteiger charge is -2.21. The fraction of sp³-hybridized carbons (Fsp3) is 0.455. The number of aryl methyl sites for hydroxylation is 3. The standard InChI is InChI=1S/C11H18N2/c1-5-13(12)11-9(3)6-8(2)7-10(11)4/h6-7H,5,12H2,1-4H3. The summed E-state index contributed by atoms with van der Waals surface area (Å²) in [4.78, 5) is 0. The van der Waals surface area contributed by atoms with Crippen LogP contribution in [0.15, 0.2) is 12.1 Å². The number of nitrogens with two attached hydrogens (primary N) is 1. The number of nitrogens with zero attached hydrogens (tertiary/aromatic N) is 1. The summed E-state index contributed by atoms with van der Waals surface area (Å²) in [6, 6.07) is 4.33. The van der Waals surface area contributed by atoms with Gasteiger partial charge in [0.25, 0.3) is 0 Å². The van der Waals surface area contributed by atoms with E-state index in [1.807, 2.05) is 0 Å². The maximum Gasteiger partial charge on any atom is 0.0575 e. The molecule has 0 radical (unpaired) electrons. The van der Waals surface area contributed by atoms with E-state index in [9.17, 15) is 0 Å². The maximum atomic E-state index is 5.88. The third-order valence-corrected chi connectivity index (χ3v) is 2.26. The Hall–Kier alpha value is -1.02. The third kappa shape index (κ3) is 2.01. The van der Waals surface area contributed by atoms with Crippen LogP contribution in [0.1, 0.15) is 23.6 Å². The molecule has 0 amide bonds. The van der Waals surface area contributed by atoms with Gasteiger partial charge in [0.15, 0.2) is 0 Å². The van der Waals surface area contributed by atoms with Crippen LogP contribution in [0.3, 0.4) is 0 Å². The zero-order valence-corrected chi connectivity index (χ0v) is 8.89. The number of hydrogen-bond acceptors (Lipinski definition) is 2. The lowest BCUT2D eigenvalue weighted by Crippen LogP contribution is -2.31. The molecule has 1 aromatic carbocycles. The normalized spacial score (nSPS) is 10.2. The van der Waals surface area contributed by atoms with Gasteiger partial charge < -0.3 is 5.01 Å². The van der Waals surface area contributed by atoms with Crippen molar-refractivity contribution in [2.75, 3.05) is 11.6 Å². The molecule has 0 spiro atoms. The van der Waals surface area contributed by atoms with Crippen LogP contribution >= 0.6 is 0 Å². The molecule has 13 heavy (non-hydrogen) atoms. The van der Waals surface area contributed by atoms with E-state index in [0.717, 1.165) is 12.2 Å². The van der Waals surface area contributed by atoms with Gasteiger partial charge >= 0.3 is 0 Å². The average molecular weight is 178 g/mol. The van der Waals surface area contributed by atoms with E-state index in [0.29, 0.717) is 0 Å². The fourth-order valence-corrected chi connectivity index (χ4v) is 1.78. The minimum Gasteiger partial charge on any atom is -0.311 e. The van der Waals surface area contributed by atoms with E-state index in [1.165, 1.54) is 16.7 Å². The maximum absolute atomic E-state index is 5.88. The van der Waals surface area contributed by atoms with Gasteiger partial charge in [0.2, 0.25) is 0 Å². The molecule has 0 aliphatic rings. The Morgan fingerprint density at radius 2 is 1.62 bits per heavy atom. The highest BCUT2D eigenvalue weighted by molar-refractivity contribution is 5.59. The van der Waals surface area contributed by atoms with E-state index in [1.54, 1.807) is 5.01 Å². The molecule has 0 fully saturated rings. The highest BCUT2D eigenvalue weighted by atomic mass is 15.4. The molecule has 2 nitrogen and oxygen atoms in total. The van der Waals surface area contributed by atoms with Gasteiger partial charge in [-0.1, -0.05) is 17.7 Å². The van der Waals surface area contributed by atoms with Gasteiger partial charge in [-0.2, -0.15) is 0 Å². The smallest absolute Gasteiger partial charge is 0.0575 e. The molecule has 0 unspecified atom stereocenters. The molecular formula is C11H18N2. The van der Waals surface area contributed by atoms with E-state index >= 15 is 0 Å². The molecule has 72 valence electrons. The van der Waals surface area contributed by atoms with Crippen molar-refractivity contribution in [2.45, 2.75) is 27.7 Å².